The molecule has 0 atom stereocenters. The minimum absolute atomic E-state index is 0.0417. The van der Waals surface area contributed by atoms with Gasteiger partial charge in [0, 0.05) is 6.92 Å². The highest BCUT2D eigenvalue weighted by molar-refractivity contribution is 7.80. The van der Waals surface area contributed by atoms with Crippen LogP contribution in [0.2, 0.25) is 0 Å². The Kier molecular flexibility index (Phi) is 3.56. The van der Waals surface area contributed by atoms with E-state index in [0.29, 0.717) is 4.99 Å². The second-order valence-electron chi connectivity index (χ2n) is 1.70. The van der Waals surface area contributed by atoms with Gasteiger partial charge in [-0.3, -0.25) is 10.1 Å². The van der Waals surface area contributed by atoms with Gasteiger partial charge in [-0.25, -0.2) is 4.99 Å². The number of aliphatic imine (C=N–C) groups is 1. The van der Waals surface area contributed by atoms with Gasteiger partial charge in [0.15, 0.2) is 0 Å². The van der Waals surface area contributed by atoms with Crippen molar-refractivity contribution in [1.82, 2.24) is 5.32 Å². The van der Waals surface area contributed by atoms with E-state index in [1.54, 1.807) is 6.92 Å². The number of nitrogens with one attached hydrogen (secondary N) is 1. The highest BCUT2D eigenvalue weighted by atomic mass is 32.1. The summed E-state index contributed by atoms with van der Waals surface area (Å²) in [7, 11) is 0. The minimum Gasteiger partial charge on any atom is -0.369 e. The molecule has 0 radical (unpaired) electrons. The first kappa shape index (κ1) is 9.03. The number of hydrogen-bond donors (Lipinski definition) is 2. The van der Waals surface area contributed by atoms with Crippen LogP contribution < -0.4 is 11.1 Å². The molecule has 0 bridgehead atoms. The van der Waals surface area contributed by atoms with Crippen LogP contribution >= 0.6 is 12.2 Å². The van der Waals surface area contributed by atoms with Crippen molar-refractivity contribution in [1.29, 1.82) is 0 Å². The fourth-order valence-corrected chi connectivity index (χ4v) is 0.476. The zero-order valence-electron chi connectivity index (χ0n) is 5.84. The highest BCUT2D eigenvalue weighted by Crippen LogP contribution is 1.75. The van der Waals surface area contributed by atoms with Gasteiger partial charge < -0.3 is 5.73 Å². The van der Waals surface area contributed by atoms with E-state index in [0.717, 1.165) is 0 Å². The second-order valence-corrected chi connectivity index (χ2v) is 2.29. The van der Waals surface area contributed by atoms with Gasteiger partial charge in [0.25, 0.3) is 0 Å². The summed E-state index contributed by atoms with van der Waals surface area (Å²) in [6, 6.07) is 0. The van der Waals surface area contributed by atoms with E-state index in [2.05, 4.69) is 22.5 Å². The maximum Gasteiger partial charge on any atom is 0.223 e. The summed E-state index contributed by atoms with van der Waals surface area (Å²) < 4.78 is 0. The Balaban J connectivity index is 3.95. The summed E-state index contributed by atoms with van der Waals surface area (Å²) in [6.45, 7) is 2.96. The molecule has 0 saturated carbocycles. The number of carbonyl (C=O) groups is 1. The van der Waals surface area contributed by atoms with Gasteiger partial charge in [-0.1, -0.05) is 12.2 Å². The van der Waals surface area contributed by atoms with E-state index in [-0.39, 0.29) is 11.9 Å². The number of guanidine groups is 1. The van der Waals surface area contributed by atoms with Crippen LogP contribution in [0.15, 0.2) is 4.99 Å². The fraction of sp³-hybridized carbons (Fsp3) is 0.400. The fourth-order valence-electron chi connectivity index (χ4n) is 0.378. The molecule has 1 amide bonds. The van der Waals surface area contributed by atoms with Crippen molar-refractivity contribution < 1.29 is 4.79 Å². The SMILES string of the molecule is CC(=O)NC(N)=NC(C)=S. The van der Waals surface area contributed by atoms with Crippen LogP contribution in [-0.4, -0.2) is 16.9 Å². The molecule has 0 aliphatic rings. The molecule has 0 aromatic carbocycles. The molecule has 0 fully saturated rings. The smallest absolute Gasteiger partial charge is 0.223 e. The van der Waals surface area contributed by atoms with Gasteiger partial charge in [-0.15, -0.1) is 0 Å². The summed E-state index contributed by atoms with van der Waals surface area (Å²) in [5.74, 6) is -0.211. The zero-order valence-corrected chi connectivity index (χ0v) is 6.66. The van der Waals surface area contributed by atoms with Crippen molar-refractivity contribution in [2.45, 2.75) is 13.8 Å². The molecule has 0 saturated heterocycles. The molecule has 5 heteroatoms. The summed E-state index contributed by atoms with van der Waals surface area (Å²) >= 11 is 4.61. The summed E-state index contributed by atoms with van der Waals surface area (Å²) in [6.07, 6.45) is 0. The standard InChI is InChI=1S/C5H9N3OS/c1-3(9)7-5(6)8-4(2)10/h1-2H3,(H3,6,7,8,9,10). The van der Waals surface area contributed by atoms with E-state index in [4.69, 9.17) is 5.73 Å². The quantitative estimate of drug-likeness (QED) is 0.292. The number of carbonyl (C=O) groups excluding carboxylic acids is 1. The molecule has 0 unspecified atom stereocenters. The number of amides is 1. The summed E-state index contributed by atoms with van der Waals surface area (Å²) in [5, 5.41) is 2.28. The molecule has 0 aliphatic heterocycles. The second kappa shape index (κ2) is 3.94. The first-order valence-electron chi connectivity index (χ1n) is 2.64. The van der Waals surface area contributed by atoms with E-state index in [9.17, 15) is 4.79 Å². The van der Waals surface area contributed by atoms with Crippen molar-refractivity contribution >= 4 is 29.1 Å². The monoisotopic (exact) mass is 159 g/mol. The summed E-state index contributed by atoms with van der Waals surface area (Å²) in [5.41, 5.74) is 5.21. The predicted molar refractivity (Wildman–Crippen MR) is 43.7 cm³/mol. The third-order valence-electron chi connectivity index (χ3n) is 0.582. The molecule has 0 aliphatic carbocycles. The van der Waals surface area contributed by atoms with Crippen molar-refractivity contribution in [3.05, 3.63) is 0 Å². The van der Waals surface area contributed by atoms with Gasteiger partial charge in [0.1, 0.15) is 4.99 Å². The van der Waals surface area contributed by atoms with Crippen LogP contribution in [0.25, 0.3) is 0 Å². The molecule has 0 aromatic heterocycles. The van der Waals surface area contributed by atoms with Gasteiger partial charge in [0.2, 0.25) is 11.9 Å². The summed E-state index contributed by atoms with van der Waals surface area (Å²) in [4.78, 5) is 14.3. The van der Waals surface area contributed by atoms with Gasteiger partial charge in [0.05, 0.1) is 0 Å². The van der Waals surface area contributed by atoms with Crippen LogP contribution in [-0.2, 0) is 4.79 Å². The van der Waals surface area contributed by atoms with Gasteiger partial charge in [-0.05, 0) is 6.92 Å². The zero-order chi connectivity index (χ0) is 8.15. The molecular formula is C5H9N3OS. The van der Waals surface area contributed by atoms with Crippen LogP contribution in [0.3, 0.4) is 0 Å². The van der Waals surface area contributed by atoms with E-state index in [1.807, 2.05) is 0 Å². The number of nitrogens with two attached hydrogens (primary N) is 1. The van der Waals surface area contributed by atoms with Crippen molar-refractivity contribution in [2.75, 3.05) is 0 Å². The van der Waals surface area contributed by atoms with E-state index < -0.39 is 0 Å². The van der Waals surface area contributed by atoms with Crippen LogP contribution in [0, 0.1) is 0 Å². The average Bonchev–Trinajstić information content (AvgIpc) is 1.58. The molecule has 0 rings (SSSR count). The number of hydrogen-bond acceptors (Lipinski definition) is 2. The number of nitrogens with zero attached hydrogens (tertiary/aromatic N) is 1. The van der Waals surface area contributed by atoms with Gasteiger partial charge in [-0.2, -0.15) is 0 Å². The average molecular weight is 159 g/mol. The molecule has 0 heterocycles. The molecule has 10 heavy (non-hydrogen) atoms. The van der Waals surface area contributed by atoms with Crippen LogP contribution in [0.1, 0.15) is 13.8 Å². The Labute approximate surface area is 64.5 Å². The Morgan fingerprint density at radius 3 is 2.40 bits per heavy atom. The molecule has 3 N–H and O–H groups in total. The normalized spacial score (nSPS) is 10.8. The maximum atomic E-state index is 10.3. The maximum absolute atomic E-state index is 10.3. The predicted octanol–water partition coefficient (Wildman–Crippen LogP) is -0.216. The topological polar surface area (TPSA) is 67.5 Å². The third-order valence-corrected chi connectivity index (χ3v) is 0.673. The number of rotatable bonds is 0. The lowest BCUT2D eigenvalue weighted by molar-refractivity contribution is -0.117. The molecule has 0 spiro atoms. The molecule has 0 aromatic rings. The van der Waals surface area contributed by atoms with Crippen molar-refractivity contribution in [3.63, 3.8) is 0 Å². The van der Waals surface area contributed by atoms with Gasteiger partial charge >= 0.3 is 0 Å². The molecular weight excluding hydrogens is 150 g/mol. The molecule has 56 valence electrons. The lowest BCUT2D eigenvalue weighted by Gasteiger charge is -1.97. The van der Waals surface area contributed by atoms with Crippen LogP contribution in [0.5, 0.6) is 0 Å². The first-order chi connectivity index (χ1) is 4.52. The Bertz CT molecular complexity index is 187. The first-order valence-corrected chi connectivity index (χ1v) is 3.05. The lowest BCUT2D eigenvalue weighted by Crippen LogP contribution is -2.35. The van der Waals surface area contributed by atoms with Crippen LogP contribution in [0.4, 0.5) is 0 Å². The lowest BCUT2D eigenvalue weighted by atomic mass is 10.7. The largest absolute Gasteiger partial charge is 0.369 e. The highest BCUT2D eigenvalue weighted by Gasteiger charge is 1.93. The minimum atomic E-state index is -0.252. The van der Waals surface area contributed by atoms with Crippen molar-refractivity contribution in [2.24, 2.45) is 10.7 Å². The van der Waals surface area contributed by atoms with E-state index in [1.165, 1.54) is 6.92 Å². The third kappa shape index (κ3) is 5.17. The number of thiocarbonyl (C=S) groups is 1. The Morgan fingerprint density at radius 2 is 2.10 bits per heavy atom. The Hall–Kier alpha value is -0.970. The van der Waals surface area contributed by atoms with E-state index >= 15 is 0 Å². The van der Waals surface area contributed by atoms with Crippen molar-refractivity contribution in [3.8, 4) is 0 Å². The molecule has 4 nitrogen and oxygen atoms in total. The Morgan fingerprint density at radius 1 is 1.60 bits per heavy atom.